The summed E-state index contributed by atoms with van der Waals surface area (Å²) >= 11 is 0. The zero-order valence-corrected chi connectivity index (χ0v) is 34.9. The van der Waals surface area contributed by atoms with Gasteiger partial charge in [-0.15, -0.1) is 0 Å². The van der Waals surface area contributed by atoms with E-state index in [2.05, 4.69) is 251 Å². The van der Waals surface area contributed by atoms with Crippen LogP contribution in [-0.4, -0.2) is 9.13 Å². The lowest BCUT2D eigenvalue weighted by Gasteiger charge is -2.30. The summed E-state index contributed by atoms with van der Waals surface area (Å²) < 4.78 is 4.87. The van der Waals surface area contributed by atoms with Gasteiger partial charge in [-0.05, 0) is 129 Å². The summed E-state index contributed by atoms with van der Waals surface area (Å²) in [7, 11) is 0. The Morgan fingerprint density at radius 2 is 0.719 bits per heavy atom. The van der Waals surface area contributed by atoms with Crippen molar-refractivity contribution >= 4 is 60.7 Å². The molecule has 0 aliphatic heterocycles. The molecule has 3 heteroatoms. The fourth-order valence-corrected chi connectivity index (χ4v) is 11.6. The van der Waals surface area contributed by atoms with Crippen LogP contribution in [-0.2, 0) is 5.41 Å². The summed E-state index contributed by atoms with van der Waals surface area (Å²) in [5.41, 5.74) is 20.6. The first-order valence-electron chi connectivity index (χ1n) is 22.2. The van der Waals surface area contributed by atoms with Crippen LogP contribution in [0.25, 0.3) is 77.2 Å². The summed E-state index contributed by atoms with van der Waals surface area (Å²) in [4.78, 5) is 2.41. The molecular weight excluding hydrogens is 775 g/mol. The molecule has 64 heavy (non-hydrogen) atoms. The SMILES string of the molecule is c1ccc(N(c2ccc3c(c2)c2ccccc2n3-c2ccccc2)c2ccc3c4cc5c(cc4n(-c4ccccc4)c3c2)-c2ccccc2C52c3ccccc3-c3ccccc32)cc1. The molecule has 0 radical (unpaired) electrons. The molecule has 2 aromatic heterocycles. The minimum absolute atomic E-state index is 0.416. The van der Waals surface area contributed by atoms with Crippen LogP contribution in [0.3, 0.4) is 0 Å². The van der Waals surface area contributed by atoms with Gasteiger partial charge in [-0.2, -0.15) is 0 Å². The van der Waals surface area contributed by atoms with E-state index in [1.807, 2.05) is 0 Å². The molecule has 0 saturated heterocycles. The summed E-state index contributed by atoms with van der Waals surface area (Å²) in [6.07, 6.45) is 0. The highest BCUT2D eigenvalue weighted by molar-refractivity contribution is 6.14. The third-order valence-corrected chi connectivity index (χ3v) is 14.1. The van der Waals surface area contributed by atoms with E-state index in [1.54, 1.807) is 0 Å². The van der Waals surface area contributed by atoms with Crippen molar-refractivity contribution in [3.05, 3.63) is 259 Å². The van der Waals surface area contributed by atoms with Crippen LogP contribution in [0.2, 0.25) is 0 Å². The first-order valence-corrected chi connectivity index (χ1v) is 22.2. The van der Waals surface area contributed by atoms with Gasteiger partial charge in [0.15, 0.2) is 0 Å². The molecule has 0 atom stereocenters. The molecule has 0 bridgehead atoms. The molecule has 14 rings (SSSR count). The lowest BCUT2D eigenvalue weighted by atomic mass is 9.70. The van der Waals surface area contributed by atoms with E-state index in [1.165, 1.54) is 88.1 Å². The minimum Gasteiger partial charge on any atom is -0.310 e. The van der Waals surface area contributed by atoms with E-state index < -0.39 is 5.41 Å². The Labute approximate surface area is 371 Å². The second-order valence-corrected chi connectivity index (χ2v) is 17.2. The van der Waals surface area contributed by atoms with Gasteiger partial charge in [-0.25, -0.2) is 0 Å². The minimum atomic E-state index is -0.416. The molecule has 2 aliphatic carbocycles. The van der Waals surface area contributed by atoms with Crippen LogP contribution in [0, 0.1) is 0 Å². The summed E-state index contributed by atoms with van der Waals surface area (Å²) in [5.74, 6) is 0. The zero-order chi connectivity index (χ0) is 41.9. The van der Waals surface area contributed by atoms with Gasteiger partial charge in [0.25, 0.3) is 0 Å². The molecule has 0 N–H and O–H groups in total. The van der Waals surface area contributed by atoms with Crippen molar-refractivity contribution in [2.24, 2.45) is 0 Å². The van der Waals surface area contributed by atoms with Gasteiger partial charge in [0.05, 0.1) is 27.5 Å². The number of fused-ring (bicyclic) bond motifs is 16. The third kappa shape index (κ3) is 4.70. The van der Waals surface area contributed by atoms with Gasteiger partial charge in [-0.1, -0.05) is 152 Å². The Bertz CT molecular complexity index is 3790. The Kier molecular flexibility index (Phi) is 7.32. The summed E-state index contributed by atoms with van der Waals surface area (Å²) in [6.45, 7) is 0. The van der Waals surface area contributed by atoms with Gasteiger partial charge in [0.1, 0.15) is 0 Å². The lowest BCUT2D eigenvalue weighted by Crippen LogP contribution is -2.25. The first kappa shape index (κ1) is 35.2. The van der Waals surface area contributed by atoms with Crippen LogP contribution < -0.4 is 4.90 Å². The Morgan fingerprint density at radius 1 is 0.266 bits per heavy atom. The number of rotatable bonds is 5. The van der Waals surface area contributed by atoms with Gasteiger partial charge >= 0.3 is 0 Å². The van der Waals surface area contributed by atoms with Crippen molar-refractivity contribution in [3.63, 3.8) is 0 Å². The molecule has 2 aliphatic rings. The van der Waals surface area contributed by atoms with Crippen molar-refractivity contribution < 1.29 is 0 Å². The second-order valence-electron chi connectivity index (χ2n) is 17.2. The van der Waals surface area contributed by atoms with Crippen LogP contribution in [0.4, 0.5) is 17.1 Å². The molecule has 12 aromatic rings. The maximum absolute atomic E-state index is 2.54. The van der Waals surface area contributed by atoms with Crippen molar-refractivity contribution in [2.45, 2.75) is 5.41 Å². The smallest absolute Gasteiger partial charge is 0.0725 e. The number of anilines is 3. The number of aromatic nitrogens is 2. The predicted octanol–water partition coefficient (Wildman–Crippen LogP) is 15.7. The highest BCUT2D eigenvalue weighted by Crippen LogP contribution is 2.63. The highest BCUT2D eigenvalue weighted by Gasteiger charge is 2.51. The molecule has 298 valence electrons. The molecule has 0 fully saturated rings. The van der Waals surface area contributed by atoms with Crippen molar-refractivity contribution in [1.82, 2.24) is 9.13 Å². The van der Waals surface area contributed by atoms with Crippen molar-refractivity contribution in [3.8, 4) is 33.6 Å². The van der Waals surface area contributed by atoms with E-state index in [9.17, 15) is 0 Å². The van der Waals surface area contributed by atoms with Crippen molar-refractivity contribution in [1.29, 1.82) is 0 Å². The average molecular weight is 814 g/mol. The standard InChI is InChI=1S/C61H39N3/c1-4-18-40(19-5-1)62(43-33-35-58-51(36-43)48-27-13-17-31-57(48)63(58)41-20-6-2-7-21-41)44-32-34-49-52-38-56-50(39-60(52)64(59(49)37-44)42-22-8-3-9-23-42)47-26-12-16-30-55(47)61(56)53-28-14-10-24-45(53)46-25-11-15-29-54(46)61/h1-39H. The fourth-order valence-electron chi connectivity index (χ4n) is 11.6. The Hall–Kier alpha value is -8.40. The Balaban J connectivity index is 1.03. The van der Waals surface area contributed by atoms with Crippen LogP contribution in [0.15, 0.2) is 237 Å². The number of hydrogen-bond donors (Lipinski definition) is 0. The zero-order valence-electron chi connectivity index (χ0n) is 34.9. The van der Waals surface area contributed by atoms with Gasteiger partial charge < -0.3 is 14.0 Å². The molecule has 10 aromatic carbocycles. The molecule has 2 heterocycles. The van der Waals surface area contributed by atoms with Gasteiger partial charge in [0, 0.05) is 50.0 Å². The first-order chi connectivity index (χ1) is 31.8. The molecule has 0 saturated carbocycles. The largest absolute Gasteiger partial charge is 0.310 e. The second kappa shape index (κ2) is 13.3. The summed E-state index contributed by atoms with van der Waals surface area (Å²) in [6, 6.07) is 87.5. The van der Waals surface area contributed by atoms with Gasteiger partial charge in [0.2, 0.25) is 0 Å². The number of nitrogens with zero attached hydrogens (tertiary/aromatic N) is 3. The lowest BCUT2D eigenvalue weighted by molar-refractivity contribution is 0.795. The normalized spacial score (nSPS) is 13.1. The number of benzene rings is 10. The topological polar surface area (TPSA) is 13.1 Å². The van der Waals surface area contributed by atoms with Crippen LogP contribution >= 0.6 is 0 Å². The molecule has 1 spiro atoms. The summed E-state index contributed by atoms with van der Waals surface area (Å²) in [5, 5.41) is 4.93. The van der Waals surface area contributed by atoms with Crippen LogP contribution in [0.1, 0.15) is 22.3 Å². The number of hydrogen-bond acceptors (Lipinski definition) is 1. The maximum atomic E-state index is 2.54. The molecular formula is C61H39N3. The van der Waals surface area contributed by atoms with E-state index in [0.29, 0.717) is 0 Å². The molecule has 0 amide bonds. The molecule has 0 unspecified atom stereocenters. The predicted molar refractivity (Wildman–Crippen MR) is 266 cm³/mol. The van der Waals surface area contributed by atoms with Gasteiger partial charge in [-0.3, -0.25) is 0 Å². The molecule has 3 nitrogen and oxygen atoms in total. The highest BCUT2D eigenvalue weighted by atomic mass is 15.1. The quantitative estimate of drug-likeness (QED) is 0.169. The number of para-hydroxylation sites is 4. The van der Waals surface area contributed by atoms with E-state index >= 15 is 0 Å². The van der Waals surface area contributed by atoms with E-state index in [4.69, 9.17) is 0 Å². The Morgan fingerprint density at radius 3 is 1.38 bits per heavy atom. The fraction of sp³-hybridized carbons (Fsp3) is 0.0164. The third-order valence-electron chi connectivity index (χ3n) is 14.1. The van der Waals surface area contributed by atoms with E-state index in [0.717, 1.165) is 28.4 Å². The monoisotopic (exact) mass is 813 g/mol. The van der Waals surface area contributed by atoms with E-state index in [-0.39, 0.29) is 0 Å². The average Bonchev–Trinajstić information content (AvgIpc) is 4.06. The van der Waals surface area contributed by atoms with Crippen LogP contribution in [0.5, 0.6) is 0 Å². The van der Waals surface area contributed by atoms with Crippen molar-refractivity contribution in [2.75, 3.05) is 4.90 Å². The maximum Gasteiger partial charge on any atom is 0.0725 e.